The summed E-state index contributed by atoms with van der Waals surface area (Å²) in [4.78, 5) is 15.1. The lowest BCUT2D eigenvalue weighted by Crippen LogP contribution is -2.40. The number of pyridine rings is 1. The number of hydrogen-bond acceptors (Lipinski definition) is 5. The normalized spacial score (nSPS) is 19.3. The van der Waals surface area contributed by atoms with E-state index in [1.165, 1.54) is 6.20 Å². The quantitative estimate of drug-likeness (QED) is 0.581. The van der Waals surface area contributed by atoms with E-state index in [2.05, 4.69) is 9.72 Å². The molecule has 0 spiro atoms. The zero-order valence-corrected chi connectivity index (χ0v) is 15.9. The highest BCUT2D eigenvalue weighted by molar-refractivity contribution is 5.88. The maximum Gasteiger partial charge on any atom is 0.345 e. The van der Waals surface area contributed by atoms with Gasteiger partial charge in [-0.25, -0.2) is 9.18 Å². The van der Waals surface area contributed by atoms with E-state index in [9.17, 15) is 22.4 Å². The first-order valence-electron chi connectivity index (χ1n) is 9.22. The Hall–Kier alpha value is -2.88. The van der Waals surface area contributed by atoms with Gasteiger partial charge in [-0.15, -0.1) is 0 Å². The van der Waals surface area contributed by atoms with E-state index in [0.29, 0.717) is 30.7 Å². The first-order valence-corrected chi connectivity index (χ1v) is 9.22. The van der Waals surface area contributed by atoms with Gasteiger partial charge in [0, 0.05) is 12.8 Å². The Morgan fingerprint density at radius 2 is 1.90 bits per heavy atom. The van der Waals surface area contributed by atoms with Crippen LogP contribution in [0.25, 0.3) is 0 Å². The molecule has 0 saturated heterocycles. The number of aromatic nitrogens is 1. The zero-order chi connectivity index (χ0) is 21.8. The number of nitrogens with zero attached hydrogens (tertiary/aromatic N) is 1. The molecule has 0 bridgehead atoms. The highest BCUT2D eigenvalue weighted by atomic mass is 19.3. The predicted octanol–water partition coefficient (Wildman–Crippen LogP) is 4.74. The zero-order valence-electron chi connectivity index (χ0n) is 15.9. The third kappa shape index (κ3) is 4.99. The van der Waals surface area contributed by atoms with E-state index in [-0.39, 0.29) is 6.10 Å². The van der Waals surface area contributed by atoms with Crippen LogP contribution in [-0.4, -0.2) is 34.9 Å². The SMILES string of the molecule is CC[C@@H](Oc1ccc(C(=O)O)c(F)c1F)c1ccc(O[C@H]2C[C@H](OC(F)F)C2)cn1. The number of carbonyl (C=O) groups is 1. The summed E-state index contributed by atoms with van der Waals surface area (Å²) in [5, 5.41) is 8.84. The summed E-state index contributed by atoms with van der Waals surface area (Å²) in [5.41, 5.74) is -0.357. The van der Waals surface area contributed by atoms with Gasteiger partial charge in [-0.05, 0) is 30.7 Å². The number of aromatic carboxylic acids is 1. The van der Waals surface area contributed by atoms with Gasteiger partial charge in [0.15, 0.2) is 11.6 Å². The van der Waals surface area contributed by atoms with Crippen LogP contribution >= 0.6 is 0 Å². The van der Waals surface area contributed by atoms with Crippen LogP contribution in [0.15, 0.2) is 30.5 Å². The highest BCUT2D eigenvalue weighted by Gasteiger charge is 2.33. The second-order valence-electron chi connectivity index (χ2n) is 6.71. The van der Waals surface area contributed by atoms with Crippen molar-refractivity contribution in [2.75, 3.05) is 0 Å². The maximum atomic E-state index is 14.1. The van der Waals surface area contributed by atoms with Gasteiger partial charge in [-0.2, -0.15) is 13.2 Å². The summed E-state index contributed by atoms with van der Waals surface area (Å²) in [6, 6.07) is 5.18. The minimum Gasteiger partial charge on any atom is -0.489 e. The molecule has 6 nitrogen and oxygen atoms in total. The molecule has 0 radical (unpaired) electrons. The third-order valence-corrected chi connectivity index (χ3v) is 4.66. The third-order valence-electron chi connectivity index (χ3n) is 4.66. The van der Waals surface area contributed by atoms with Crippen molar-refractivity contribution in [3.8, 4) is 11.5 Å². The molecular weight excluding hydrogens is 410 g/mol. The van der Waals surface area contributed by atoms with Crippen LogP contribution in [0.4, 0.5) is 17.6 Å². The summed E-state index contributed by atoms with van der Waals surface area (Å²) in [5.74, 6) is -4.47. The average Bonchev–Trinajstić information content (AvgIpc) is 2.67. The second kappa shape index (κ2) is 9.29. The van der Waals surface area contributed by atoms with Crippen LogP contribution in [0, 0.1) is 11.6 Å². The molecule has 1 aromatic heterocycles. The molecule has 0 aliphatic heterocycles. The number of rotatable bonds is 9. The van der Waals surface area contributed by atoms with Crippen molar-refractivity contribution < 1.29 is 41.7 Å². The van der Waals surface area contributed by atoms with Gasteiger partial charge in [-0.3, -0.25) is 4.98 Å². The Labute approximate surface area is 169 Å². The van der Waals surface area contributed by atoms with Crippen molar-refractivity contribution in [1.29, 1.82) is 0 Å². The predicted molar refractivity (Wildman–Crippen MR) is 95.7 cm³/mol. The molecule has 1 aliphatic rings. The molecule has 1 saturated carbocycles. The summed E-state index contributed by atoms with van der Waals surface area (Å²) in [7, 11) is 0. The first kappa shape index (κ1) is 21.8. The number of alkyl halides is 2. The van der Waals surface area contributed by atoms with Gasteiger partial charge in [0.2, 0.25) is 5.82 Å². The molecule has 1 heterocycles. The number of carboxylic acids is 1. The minimum absolute atomic E-state index is 0.246. The Morgan fingerprint density at radius 1 is 1.17 bits per heavy atom. The van der Waals surface area contributed by atoms with Crippen LogP contribution in [0.5, 0.6) is 11.5 Å². The van der Waals surface area contributed by atoms with E-state index in [0.717, 1.165) is 12.1 Å². The summed E-state index contributed by atoms with van der Waals surface area (Å²) in [6.07, 6.45) is 1.02. The largest absolute Gasteiger partial charge is 0.489 e. The monoisotopic (exact) mass is 429 g/mol. The Balaban J connectivity index is 1.62. The van der Waals surface area contributed by atoms with Crippen molar-refractivity contribution in [3.05, 3.63) is 53.4 Å². The van der Waals surface area contributed by atoms with Crippen LogP contribution in [0.2, 0.25) is 0 Å². The van der Waals surface area contributed by atoms with Gasteiger partial charge in [0.1, 0.15) is 18.0 Å². The van der Waals surface area contributed by atoms with Gasteiger partial charge in [-0.1, -0.05) is 6.92 Å². The number of benzene rings is 1. The molecule has 1 aromatic carbocycles. The van der Waals surface area contributed by atoms with E-state index in [4.69, 9.17) is 14.6 Å². The number of carboxylic acid groups (broad SMARTS) is 1. The van der Waals surface area contributed by atoms with Crippen molar-refractivity contribution in [1.82, 2.24) is 4.98 Å². The van der Waals surface area contributed by atoms with Crippen LogP contribution < -0.4 is 9.47 Å². The van der Waals surface area contributed by atoms with Gasteiger partial charge >= 0.3 is 12.6 Å². The van der Waals surface area contributed by atoms with Crippen LogP contribution in [0.3, 0.4) is 0 Å². The molecule has 10 heteroatoms. The fraction of sp³-hybridized carbons (Fsp3) is 0.400. The minimum atomic E-state index is -2.80. The molecule has 1 atom stereocenters. The lowest BCUT2D eigenvalue weighted by atomic mass is 9.92. The number of hydrogen-bond donors (Lipinski definition) is 1. The second-order valence-corrected chi connectivity index (χ2v) is 6.71. The van der Waals surface area contributed by atoms with Crippen molar-refractivity contribution >= 4 is 5.97 Å². The average molecular weight is 429 g/mol. The van der Waals surface area contributed by atoms with Crippen molar-refractivity contribution in [2.24, 2.45) is 0 Å². The molecule has 1 N–H and O–H groups in total. The molecule has 162 valence electrons. The van der Waals surface area contributed by atoms with Gasteiger partial charge in [0.25, 0.3) is 0 Å². The lowest BCUT2D eigenvalue weighted by molar-refractivity contribution is -0.196. The Morgan fingerprint density at radius 3 is 2.47 bits per heavy atom. The van der Waals surface area contributed by atoms with Gasteiger partial charge < -0.3 is 19.3 Å². The van der Waals surface area contributed by atoms with E-state index < -0.39 is 47.7 Å². The maximum absolute atomic E-state index is 14.1. The molecule has 0 unspecified atom stereocenters. The van der Waals surface area contributed by atoms with E-state index in [1.807, 2.05) is 0 Å². The molecule has 3 rings (SSSR count). The summed E-state index contributed by atoms with van der Waals surface area (Å²) < 4.78 is 67.7. The lowest BCUT2D eigenvalue weighted by Gasteiger charge is -2.34. The number of halogens is 4. The first-order chi connectivity index (χ1) is 14.3. The Bertz CT molecular complexity index is 888. The van der Waals surface area contributed by atoms with Crippen molar-refractivity contribution in [3.63, 3.8) is 0 Å². The van der Waals surface area contributed by atoms with E-state index in [1.54, 1.807) is 19.1 Å². The van der Waals surface area contributed by atoms with Crippen LogP contribution in [-0.2, 0) is 4.74 Å². The standard InChI is InChI=1S/C20H19F4NO5/c1-2-15(30-16-6-4-13(19(26)27)17(21)18(16)22)14-5-3-10(9-25-14)28-11-7-12(8-11)29-20(23)24/h3-6,9,11-12,15,20H,2,7-8H2,1H3,(H,26,27)/t11-,12-,15-/m1/s1. The topological polar surface area (TPSA) is 77.9 Å². The molecule has 30 heavy (non-hydrogen) atoms. The smallest absolute Gasteiger partial charge is 0.345 e. The molecule has 1 aliphatic carbocycles. The Kier molecular flexibility index (Phi) is 6.76. The van der Waals surface area contributed by atoms with Crippen LogP contribution in [0.1, 0.15) is 48.3 Å². The molecule has 2 aromatic rings. The summed E-state index contributed by atoms with van der Waals surface area (Å²) in [6.45, 7) is -1.05. The molecule has 1 fully saturated rings. The number of ether oxygens (including phenoxy) is 3. The van der Waals surface area contributed by atoms with Gasteiger partial charge in [0.05, 0.1) is 23.6 Å². The summed E-state index contributed by atoms with van der Waals surface area (Å²) >= 11 is 0. The molecular formula is C20H19F4NO5. The van der Waals surface area contributed by atoms with Crippen molar-refractivity contribution in [2.45, 2.75) is 51.1 Å². The fourth-order valence-electron chi connectivity index (χ4n) is 3.01. The highest BCUT2D eigenvalue weighted by Crippen LogP contribution is 2.31. The molecule has 0 amide bonds. The van der Waals surface area contributed by atoms with E-state index >= 15 is 0 Å². The fourth-order valence-corrected chi connectivity index (χ4v) is 3.01.